The lowest BCUT2D eigenvalue weighted by Gasteiger charge is -2.42. The van der Waals surface area contributed by atoms with E-state index in [9.17, 15) is 9.59 Å². The van der Waals surface area contributed by atoms with E-state index in [1.165, 1.54) is 25.7 Å². The summed E-state index contributed by atoms with van der Waals surface area (Å²) in [5.41, 5.74) is -0.667. The number of carbonyl (C=O) groups excluding carboxylic acids is 2. The zero-order valence-electron chi connectivity index (χ0n) is 16.0. The molecule has 0 atom stereocenters. The van der Waals surface area contributed by atoms with Crippen LogP contribution in [0.1, 0.15) is 51.4 Å². The summed E-state index contributed by atoms with van der Waals surface area (Å²) in [4.78, 5) is 29.2. The van der Waals surface area contributed by atoms with Crippen molar-refractivity contribution in [1.82, 2.24) is 15.1 Å². The maximum Gasteiger partial charge on any atom is 0.255 e. The molecule has 3 aliphatic rings. The van der Waals surface area contributed by atoms with Crippen molar-refractivity contribution < 1.29 is 14.3 Å². The molecular formula is C19H34ClN3O3. The predicted octanol–water partition coefficient (Wildman–Crippen LogP) is 1.82. The number of hydrogen-bond donors (Lipinski definition) is 1. The Morgan fingerprint density at radius 3 is 2.19 bits per heavy atom. The first kappa shape index (κ1) is 21.5. The number of hydrogen-bond acceptors (Lipinski definition) is 4. The van der Waals surface area contributed by atoms with Crippen molar-refractivity contribution in [2.45, 2.75) is 57.0 Å². The van der Waals surface area contributed by atoms with Gasteiger partial charge in [0.15, 0.2) is 0 Å². The Morgan fingerprint density at radius 2 is 1.62 bits per heavy atom. The van der Waals surface area contributed by atoms with Gasteiger partial charge in [0.05, 0.1) is 0 Å². The summed E-state index contributed by atoms with van der Waals surface area (Å²) < 4.78 is 5.65. The molecule has 0 bridgehead atoms. The van der Waals surface area contributed by atoms with Gasteiger partial charge in [-0.2, -0.15) is 0 Å². The molecule has 0 radical (unpaired) electrons. The summed E-state index contributed by atoms with van der Waals surface area (Å²) in [5, 5.41) is 3.29. The van der Waals surface area contributed by atoms with E-state index in [0.717, 1.165) is 38.3 Å². The van der Waals surface area contributed by atoms with E-state index in [-0.39, 0.29) is 24.2 Å². The van der Waals surface area contributed by atoms with Gasteiger partial charge in [-0.25, -0.2) is 0 Å². The van der Waals surface area contributed by atoms with Gasteiger partial charge < -0.3 is 19.9 Å². The average molecular weight is 388 g/mol. The van der Waals surface area contributed by atoms with Gasteiger partial charge in [-0.15, -0.1) is 12.4 Å². The van der Waals surface area contributed by atoms with Gasteiger partial charge in [-0.05, 0) is 38.3 Å². The lowest BCUT2D eigenvalue weighted by Crippen LogP contribution is -2.59. The number of carbonyl (C=O) groups is 2. The van der Waals surface area contributed by atoms with Gasteiger partial charge in [0, 0.05) is 39.7 Å². The summed E-state index contributed by atoms with van der Waals surface area (Å²) in [7, 11) is 1.64. The van der Waals surface area contributed by atoms with E-state index in [1.807, 2.05) is 9.80 Å². The van der Waals surface area contributed by atoms with Crippen LogP contribution in [0, 0.1) is 5.92 Å². The van der Waals surface area contributed by atoms with E-state index < -0.39 is 5.60 Å². The molecule has 0 aromatic rings. The van der Waals surface area contributed by atoms with Gasteiger partial charge in [0.1, 0.15) is 5.60 Å². The molecule has 0 aromatic carbocycles. The highest BCUT2D eigenvalue weighted by Gasteiger charge is 2.43. The second-order valence-electron chi connectivity index (χ2n) is 7.81. The lowest BCUT2D eigenvalue weighted by atomic mass is 9.90. The van der Waals surface area contributed by atoms with Crippen LogP contribution >= 0.6 is 12.4 Å². The third-order valence-electron chi connectivity index (χ3n) is 6.35. The zero-order chi connectivity index (χ0) is 17.7. The Kier molecular flexibility index (Phi) is 8.17. The molecule has 2 amide bonds. The predicted molar refractivity (Wildman–Crippen MR) is 103 cm³/mol. The van der Waals surface area contributed by atoms with Crippen molar-refractivity contribution in [3.8, 4) is 0 Å². The zero-order valence-corrected chi connectivity index (χ0v) is 16.8. The van der Waals surface area contributed by atoms with Gasteiger partial charge in [-0.3, -0.25) is 9.59 Å². The average Bonchev–Trinajstić information content (AvgIpc) is 3.20. The molecule has 7 heteroatoms. The van der Waals surface area contributed by atoms with Gasteiger partial charge >= 0.3 is 0 Å². The Bertz CT molecular complexity index is 469. The number of piperazine rings is 1. The van der Waals surface area contributed by atoms with Crippen LogP contribution in [0.25, 0.3) is 0 Å². The van der Waals surface area contributed by atoms with E-state index in [0.29, 0.717) is 32.6 Å². The van der Waals surface area contributed by atoms with Crippen molar-refractivity contribution in [2.75, 3.05) is 46.4 Å². The molecule has 2 saturated heterocycles. The second kappa shape index (κ2) is 9.90. The maximum absolute atomic E-state index is 13.0. The summed E-state index contributed by atoms with van der Waals surface area (Å²) in [6, 6.07) is 0. The number of methoxy groups -OCH3 is 1. The van der Waals surface area contributed by atoms with Crippen LogP contribution in [-0.2, 0) is 14.3 Å². The smallest absolute Gasteiger partial charge is 0.255 e. The Balaban J connectivity index is 0.00000243. The molecule has 3 fully saturated rings. The minimum atomic E-state index is -0.667. The fourth-order valence-corrected chi connectivity index (χ4v) is 4.57. The van der Waals surface area contributed by atoms with Gasteiger partial charge in [0.2, 0.25) is 5.91 Å². The first-order valence-corrected chi connectivity index (χ1v) is 9.98. The molecule has 1 aliphatic carbocycles. The van der Waals surface area contributed by atoms with Crippen molar-refractivity contribution in [3.05, 3.63) is 0 Å². The SMILES string of the molecule is COC1(C(=O)N2CCN(C(=O)CCC3CCCC3)CC2)CCNCC1.Cl. The molecule has 1 saturated carbocycles. The van der Waals surface area contributed by atoms with Crippen LogP contribution in [-0.4, -0.2) is 73.6 Å². The number of halogens is 1. The van der Waals surface area contributed by atoms with Crippen LogP contribution in [0.4, 0.5) is 0 Å². The topological polar surface area (TPSA) is 61.9 Å². The van der Waals surface area contributed by atoms with Crippen LogP contribution in [0.2, 0.25) is 0 Å². The van der Waals surface area contributed by atoms with Crippen molar-refractivity contribution in [1.29, 1.82) is 0 Å². The molecule has 1 N–H and O–H groups in total. The van der Waals surface area contributed by atoms with Crippen molar-refractivity contribution in [2.24, 2.45) is 5.92 Å². The summed E-state index contributed by atoms with van der Waals surface area (Å²) >= 11 is 0. The molecule has 150 valence electrons. The molecule has 3 rings (SSSR count). The van der Waals surface area contributed by atoms with E-state index >= 15 is 0 Å². The largest absolute Gasteiger partial charge is 0.368 e. The quantitative estimate of drug-likeness (QED) is 0.781. The van der Waals surface area contributed by atoms with Crippen LogP contribution in [0.3, 0.4) is 0 Å². The molecule has 0 unspecified atom stereocenters. The molecule has 26 heavy (non-hydrogen) atoms. The molecule has 0 spiro atoms. The van der Waals surface area contributed by atoms with Crippen LogP contribution in [0.5, 0.6) is 0 Å². The Morgan fingerprint density at radius 1 is 1.04 bits per heavy atom. The maximum atomic E-state index is 13.0. The minimum absolute atomic E-state index is 0. The molecule has 2 heterocycles. The second-order valence-corrected chi connectivity index (χ2v) is 7.81. The third kappa shape index (κ3) is 4.90. The summed E-state index contributed by atoms with van der Waals surface area (Å²) in [5.74, 6) is 1.13. The van der Waals surface area contributed by atoms with Crippen molar-refractivity contribution in [3.63, 3.8) is 0 Å². The molecular weight excluding hydrogens is 354 g/mol. The van der Waals surface area contributed by atoms with Crippen LogP contribution in [0.15, 0.2) is 0 Å². The molecule has 0 aromatic heterocycles. The highest BCUT2D eigenvalue weighted by Crippen LogP contribution is 2.29. The number of nitrogens with zero attached hydrogens (tertiary/aromatic N) is 2. The first-order valence-electron chi connectivity index (χ1n) is 9.98. The molecule has 2 aliphatic heterocycles. The van der Waals surface area contributed by atoms with E-state index in [4.69, 9.17) is 4.74 Å². The highest BCUT2D eigenvalue weighted by atomic mass is 35.5. The number of nitrogens with one attached hydrogen (secondary N) is 1. The number of amides is 2. The number of ether oxygens (including phenoxy) is 1. The number of rotatable bonds is 5. The normalized spacial score (nSPS) is 23.6. The Hall–Kier alpha value is -0.850. The number of piperidine rings is 1. The third-order valence-corrected chi connectivity index (χ3v) is 6.35. The monoisotopic (exact) mass is 387 g/mol. The fourth-order valence-electron chi connectivity index (χ4n) is 4.57. The van der Waals surface area contributed by atoms with Gasteiger partial charge in [0.25, 0.3) is 5.91 Å². The molecule has 6 nitrogen and oxygen atoms in total. The fraction of sp³-hybridized carbons (Fsp3) is 0.895. The van der Waals surface area contributed by atoms with Crippen LogP contribution < -0.4 is 5.32 Å². The standard InChI is InChI=1S/C19H33N3O3.ClH/c1-25-19(8-10-20-11-9-19)18(24)22-14-12-21(13-15-22)17(23)7-6-16-4-2-3-5-16;/h16,20H,2-15H2,1H3;1H. The summed E-state index contributed by atoms with van der Waals surface area (Å²) in [6.45, 7) is 4.22. The summed E-state index contributed by atoms with van der Waals surface area (Å²) in [6.07, 6.45) is 8.41. The highest BCUT2D eigenvalue weighted by molar-refractivity contribution is 5.86. The van der Waals surface area contributed by atoms with E-state index in [1.54, 1.807) is 7.11 Å². The van der Waals surface area contributed by atoms with Gasteiger partial charge in [-0.1, -0.05) is 25.7 Å². The minimum Gasteiger partial charge on any atom is -0.368 e. The Labute approximate surface area is 163 Å². The van der Waals surface area contributed by atoms with E-state index in [2.05, 4.69) is 5.32 Å². The first-order chi connectivity index (χ1) is 12.1. The lowest BCUT2D eigenvalue weighted by molar-refractivity contribution is -0.161. The van der Waals surface area contributed by atoms with Crippen molar-refractivity contribution >= 4 is 24.2 Å².